The molecule has 0 aliphatic heterocycles. The number of likely N-dealkylation sites (N-methyl/N-ethyl adjacent to an activating group) is 1. The Morgan fingerprint density at radius 3 is 2.00 bits per heavy atom. The van der Waals surface area contributed by atoms with Crippen LogP contribution in [0.5, 0.6) is 0 Å². The molecule has 62 valence electrons. The second-order valence-corrected chi connectivity index (χ2v) is 1.89. The molecule has 2 nitrogen and oxygen atoms in total. The van der Waals surface area contributed by atoms with E-state index in [2.05, 4.69) is 5.32 Å². The molecule has 0 amide bonds. The van der Waals surface area contributed by atoms with Crippen molar-refractivity contribution in [3.8, 4) is 0 Å². The highest BCUT2D eigenvalue weighted by Crippen LogP contribution is 1.80. The minimum atomic E-state index is 0.0278. The van der Waals surface area contributed by atoms with E-state index in [1.807, 2.05) is 27.7 Å². The molecule has 0 aliphatic rings. The third-order valence-electron chi connectivity index (χ3n) is 1.12. The van der Waals surface area contributed by atoms with Crippen molar-refractivity contribution < 1.29 is 4.79 Å². The lowest BCUT2D eigenvalue weighted by Gasteiger charge is -2.05. The Hall–Kier alpha value is -0.370. The zero-order valence-corrected chi connectivity index (χ0v) is 7.69. The summed E-state index contributed by atoms with van der Waals surface area (Å²) in [5, 5.41) is 3.00. The summed E-state index contributed by atoms with van der Waals surface area (Å²) in [4.78, 5) is 10.5. The van der Waals surface area contributed by atoms with Crippen LogP contribution in [0.15, 0.2) is 0 Å². The van der Waals surface area contributed by atoms with Gasteiger partial charge >= 0.3 is 0 Å². The van der Waals surface area contributed by atoms with Gasteiger partial charge in [0.05, 0.1) is 6.04 Å². The minimum absolute atomic E-state index is 0.0278. The predicted molar refractivity (Wildman–Crippen MR) is 45.2 cm³/mol. The number of Topliss-reactive ketones (excluding diaryl/α,β-unsaturated/α-hetero) is 1. The molecule has 0 bridgehead atoms. The van der Waals surface area contributed by atoms with Crippen LogP contribution in [-0.2, 0) is 4.79 Å². The molecule has 0 radical (unpaired) electrons. The Kier molecular flexibility index (Phi) is 10.6. The van der Waals surface area contributed by atoms with E-state index in [0.29, 0.717) is 0 Å². The van der Waals surface area contributed by atoms with Gasteiger partial charge in [0.2, 0.25) is 0 Å². The van der Waals surface area contributed by atoms with Crippen LogP contribution in [0, 0.1) is 0 Å². The van der Waals surface area contributed by atoms with E-state index in [0.717, 1.165) is 6.54 Å². The van der Waals surface area contributed by atoms with Crippen molar-refractivity contribution in [2.24, 2.45) is 0 Å². The first-order valence-corrected chi connectivity index (χ1v) is 3.92. The molecule has 0 aromatic carbocycles. The SMILES string of the molecule is CC.CCNC(C)C(C)=O. The van der Waals surface area contributed by atoms with Crippen molar-refractivity contribution in [3.05, 3.63) is 0 Å². The summed E-state index contributed by atoms with van der Waals surface area (Å²) < 4.78 is 0. The van der Waals surface area contributed by atoms with Crippen LogP contribution in [0.2, 0.25) is 0 Å². The number of rotatable bonds is 3. The second-order valence-electron chi connectivity index (χ2n) is 1.89. The monoisotopic (exact) mass is 145 g/mol. The normalized spacial score (nSPS) is 11.3. The molecule has 10 heavy (non-hydrogen) atoms. The molecule has 1 unspecified atom stereocenters. The summed E-state index contributed by atoms with van der Waals surface area (Å²) in [5.41, 5.74) is 0. The third kappa shape index (κ3) is 7.63. The Bertz CT molecular complexity index is 81.3. The average molecular weight is 145 g/mol. The standard InChI is InChI=1S/C6H13NO.C2H6/c1-4-7-5(2)6(3)8;1-2/h5,7H,4H2,1-3H3;1-2H3. The number of hydrogen-bond acceptors (Lipinski definition) is 2. The lowest BCUT2D eigenvalue weighted by atomic mass is 10.2. The van der Waals surface area contributed by atoms with Gasteiger partial charge in [0.15, 0.2) is 0 Å². The summed E-state index contributed by atoms with van der Waals surface area (Å²) in [5.74, 6) is 0.201. The maximum atomic E-state index is 10.5. The Balaban J connectivity index is 0. The Labute approximate surface area is 64.0 Å². The quantitative estimate of drug-likeness (QED) is 0.653. The zero-order valence-electron chi connectivity index (χ0n) is 7.69. The Morgan fingerprint density at radius 2 is 1.90 bits per heavy atom. The summed E-state index contributed by atoms with van der Waals surface area (Å²) >= 11 is 0. The van der Waals surface area contributed by atoms with E-state index in [-0.39, 0.29) is 11.8 Å². The summed E-state index contributed by atoms with van der Waals surface area (Å²) in [6.07, 6.45) is 0. The van der Waals surface area contributed by atoms with Crippen molar-refractivity contribution in [1.82, 2.24) is 5.32 Å². The van der Waals surface area contributed by atoms with Gasteiger partial charge < -0.3 is 5.32 Å². The van der Waals surface area contributed by atoms with Crippen LogP contribution in [0.25, 0.3) is 0 Å². The molecular formula is C8H19NO. The maximum absolute atomic E-state index is 10.5. The lowest BCUT2D eigenvalue weighted by Crippen LogP contribution is -2.31. The first-order chi connectivity index (χ1) is 4.68. The second kappa shape index (κ2) is 8.63. The predicted octanol–water partition coefficient (Wildman–Crippen LogP) is 1.60. The molecule has 0 rings (SSSR count). The Morgan fingerprint density at radius 1 is 1.50 bits per heavy atom. The molecular weight excluding hydrogens is 126 g/mol. The van der Waals surface area contributed by atoms with Crippen LogP contribution >= 0.6 is 0 Å². The van der Waals surface area contributed by atoms with Crippen molar-refractivity contribution in [2.45, 2.75) is 40.7 Å². The molecule has 0 saturated carbocycles. The molecule has 0 aromatic rings. The van der Waals surface area contributed by atoms with Gasteiger partial charge in [-0.3, -0.25) is 4.79 Å². The van der Waals surface area contributed by atoms with E-state index in [1.54, 1.807) is 6.92 Å². The molecule has 0 heterocycles. The summed E-state index contributed by atoms with van der Waals surface area (Å²) in [6.45, 7) is 10.3. The first-order valence-electron chi connectivity index (χ1n) is 3.92. The summed E-state index contributed by atoms with van der Waals surface area (Å²) in [7, 11) is 0. The number of ketones is 1. The van der Waals surface area contributed by atoms with E-state index in [4.69, 9.17) is 0 Å². The van der Waals surface area contributed by atoms with Crippen LogP contribution in [0.3, 0.4) is 0 Å². The highest BCUT2D eigenvalue weighted by Gasteiger charge is 2.02. The zero-order chi connectivity index (χ0) is 8.57. The van der Waals surface area contributed by atoms with Crippen molar-refractivity contribution in [1.29, 1.82) is 0 Å². The van der Waals surface area contributed by atoms with Gasteiger partial charge in [-0.2, -0.15) is 0 Å². The molecule has 1 atom stereocenters. The molecule has 0 aliphatic carbocycles. The van der Waals surface area contributed by atoms with Gasteiger partial charge in [-0.25, -0.2) is 0 Å². The van der Waals surface area contributed by atoms with Crippen LogP contribution in [0.4, 0.5) is 0 Å². The van der Waals surface area contributed by atoms with E-state index in [1.165, 1.54) is 0 Å². The lowest BCUT2D eigenvalue weighted by molar-refractivity contribution is -0.118. The third-order valence-corrected chi connectivity index (χ3v) is 1.12. The van der Waals surface area contributed by atoms with Crippen LogP contribution < -0.4 is 5.32 Å². The van der Waals surface area contributed by atoms with Crippen molar-refractivity contribution in [3.63, 3.8) is 0 Å². The van der Waals surface area contributed by atoms with Gasteiger partial charge in [0.25, 0.3) is 0 Å². The molecule has 0 aromatic heterocycles. The van der Waals surface area contributed by atoms with Crippen molar-refractivity contribution in [2.75, 3.05) is 6.54 Å². The molecule has 1 N–H and O–H groups in total. The van der Waals surface area contributed by atoms with Crippen molar-refractivity contribution >= 4 is 5.78 Å². The van der Waals surface area contributed by atoms with Gasteiger partial charge in [0.1, 0.15) is 5.78 Å². The van der Waals surface area contributed by atoms with E-state index >= 15 is 0 Å². The topological polar surface area (TPSA) is 29.1 Å². The minimum Gasteiger partial charge on any atom is -0.308 e. The van der Waals surface area contributed by atoms with Crippen LogP contribution in [-0.4, -0.2) is 18.4 Å². The van der Waals surface area contributed by atoms with Gasteiger partial charge in [-0.05, 0) is 20.4 Å². The number of hydrogen-bond donors (Lipinski definition) is 1. The molecule has 2 heteroatoms. The number of carbonyl (C=O) groups excluding carboxylic acids is 1. The number of carbonyl (C=O) groups is 1. The van der Waals surface area contributed by atoms with Gasteiger partial charge in [-0.1, -0.05) is 20.8 Å². The highest BCUT2D eigenvalue weighted by molar-refractivity contribution is 5.80. The maximum Gasteiger partial charge on any atom is 0.146 e. The molecule has 0 spiro atoms. The fourth-order valence-electron chi connectivity index (χ4n) is 0.450. The highest BCUT2D eigenvalue weighted by atomic mass is 16.1. The van der Waals surface area contributed by atoms with E-state index in [9.17, 15) is 4.79 Å². The summed E-state index contributed by atoms with van der Waals surface area (Å²) in [6, 6.07) is 0.0278. The smallest absolute Gasteiger partial charge is 0.146 e. The number of nitrogens with one attached hydrogen (secondary N) is 1. The van der Waals surface area contributed by atoms with Gasteiger partial charge in [0, 0.05) is 0 Å². The largest absolute Gasteiger partial charge is 0.308 e. The fraction of sp³-hybridized carbons (Fsp3) is 0.875. The van der Waals surface area contributed by atoms with Gasteiger partial charge in [-0.15, -0.1) is 0 Å². The first kappa shape index (κ1) is 12.3. The van der Waals surface area contributed by atoms with Crippen LogP contribution in [0.1, 0.15) is 34.6 Å². The average Bonchev–Trinajstić information content (AvgIpc) is 1.93. The fourth-order valence-corrected chi connectivity index (χ4v) is 0.450. The molecule has 0 fully saturated rings. The van der Waals surface area contributed by atoms with E-state index < -0.39 is 0 Å². The molecule has 0 saturated heterocycles.